The molecule has 1 heterocycles. The standard InChI is InChI=1S/C25H21NO6S3/c1-3-31-19-12-10-18(11-13-19)26-24(27)23(34-25(26)33)16-17-9-14-21(22(15-17)30-2)32-35(28,29)20-7-5-4-6-8-20/h4-16H,3H2,1-2H3/b23-16-. The van der Waals surface area contributed by atoms with Crippen molar-refractivity contribution in [1.29, 1.82) is 0 Å². The third-order valence-corrected chi connectivity index (χ3v) is 7.47. The number of hydrogen-bond donors (Lipinski definition) is 0. The van der Waals surface area contributed by atoms with Crippen molar-refractivity contribution < 1.29 is 26.9 Å². The Morgan fingerprint density at radius 1 is 1.00 bits per heavy atom. The average molecular weight is 528 g/mol. The molecule has 3 aromatic rings. The van der Waals surface area contributed by atoms with Gasteiger partial charge in [-0.15, -0.1) is 0 Å². The summed E-state index contributed by atoms with van der Waals surface area (Å²) in [6.45, 7) is 2.45. The first-order valence-corrected chi connectivity index (χ1v) is 13.1. The van der Waals surface area contributed by atoms with Gasteiger partial charge >= 0.3 is 10.1 Å². The predicted molar refractivity (Wildman–Crippen MR) is 141 cm³/mol. The number of nitrogens with zero attached hydrogens (tertiary/aromatic N) is 1. The van der Waals surface area contributed by atoms with Crippen LogP contribution >= 0.6 is 24.0 Å². The van der Waals surface area contributed by atoms with Gasteiger partial charge in [0, 0.05) is 0 Å². The van der Waals surface area contributed by atoms with Gasteiger partial charge in [0.05, 0.1) is 24.3 Å². The van der Waals surface area contributed by atoms with Crippen molar-refractivity contribution in [3.8, 4) is 17.2 Å². The van der Waals surface area contributed by atoms with Gasteiger partial charge in [-0.2, -0.15) is 8.42 Å². The maximum Gasteiger partial charge on any atom is 0.339 e. The van der Waals surface area contributed by atoms with Gasteiger partial charge < -0.3 is 13.7 Å². The van der Waals surface area contributed by atoms with Crippen molar-refractivity contribution in [3.05, 3.63) is 83.3 Å². The molecule has 0 atom stereocenters. The van der Waals surface area contributed by atoms with Crippen LogP contribution in [0.5, 0.6) is 17.2 Å². The summed E-state index contributed by atoms with van der Waals surface area (Å²) in [5.41, 5.74) is 1.27. The molecule has 0 N–H and O–H groups in total. The summed E-state index contributed by atoms with van der Waals surface area (Å²) in [5, 5.41) is 0. The van der Waals surface area contributed by atoms with Crippen LogP contribution in [0.25, 0.3) is 6.08 Å². The number of rotatable bonds is 8. The van der Waals surface area contributed by atoms with Crippen LogP contribution in [-0.2, 0) is 14.9 Å². The van der Waals surface area contributed by atoms with Crippen molar-refractivity contribution in [2.45, 2.75) is 11.8 Å². The van der Waals surface area contributed by atoms with E-state index in [0.717, 1.165) is 0 Å². The summed E-state index contributed by atoms with van der Waals surface area (Å²) in [6.07, 6.45) is 1.67. The molecule has 0 saturated carbocycles. The van der Waals surface area contributed by atoms with Crippen LogP contribution in [0.1, 0.15) is 12.5 Å². The molecule has 4 rings (SSSR count). The van der Waals surface area contributed by atoms with Crippen molar-refractivity contribution in [2.24, 2.45) is 0 Å². The number of methoxy groups -OCH3 is 1. The molecule has 1 aliphatic heterocycles. The largest absolute Gasteiger partial charge is 0.494 e. The monoisotopic (exact) mass is 527 g/mol. The summed E-state index contributed by atoms with van der Waals surface area (Å²) < 4.78 is 41.6. The van der Waals surface area contributed by atoms with Crippen LogP contribution in [-0.4, -0.2) is 32.4 Å². The molecule has 1 saturated heterocycles. The van der Waals surface area contributed by atoms with Gasteiger partial charge in [-0.05, 0) is 67.1 Å². The molecular weight excluding hydrogens is 506 g/mol. The van der Waals surface area contributed by atoms with Crippen LogP contribution < -0.4 is 18.6 Å². The zero-order chi connectivity index (χ0) is 25.0. The fourth-order valence-corrected chi connectivity index (χ4v) is 5.56. The number of thioether (sulfide) groups is 1. The minimum Gasteiger partial charge on any atom is -0.494 e. The Kier molecular flexibility index (Phi) is 7.44. The average Bonchev–Trinajstić information content (AvgIpc) is 3.13. The van der Waals surface area contributed by atoms with Crippen LogP contribution in [0.3, 0.4) is 0 Å². The highest BCUT2D eigenvalue weighted by molar-refractivity contribution is 8.27. The molecule has 7 nitrogen and oxygen atoms in total. The lowest BCUT2D eigenvalue weighted by molar-refractivity contribution is -0.113. The van der Waals surface area contributed by atoms with E-state index >= 15 is 0 Å². The quantitative estimate of drug-likeness (QED) is 0.223. The van der Waals surface area contributed by atoms with E-state index in [1.54, 1.807) is 60.7 Å². The fourth-order valence-electron chi connectivity index (χ4n) is 3.30. The van der Waals surface area contributed by atoms with Crippen LogP contribution in [0.15, 0.2) is 82.6 Å². The number of carbonyl (C=O) groups is 1. The Bertz CT molecular complexity index is 1390. The number of benzene rings is 3. The first-order valence-electron chi connectivity index (χ1n) is 10.5. The maximum atomic E-state index is 13.1. The SMILES string of the molecule is CCOc1ccc(N2C(=O)/C(=C/c3ccc(OS(=O)(=O)c4ccccc4)c(OC)c3)SC2=S)cc1. The van der Waals surface area contributed by atoms with Crippen LogP contribution in [0, 0.1) is 0 Å². The van der Waals surface area contributed by atoms with Gasteiger partial charge in [0.25, 0.3) is 5.91 Å². The Labute approximate surface area is 213 Å². The molecule has 0 bridgehead atoms. The highest BCUT2D eigenvalue weighted by Crippen LogP contribution is 2.38. The van der Waals surface area contributed by atoms with Gasteiger partial charge in [0.15, 0.2) is 15.8 Å². The zero-order valence-corrected chi connectivity index (χ0v) is 21.3. The van der Waals surface area contributed by atoms with Crippen molar-refractivity contribution in [3.63, 3.8) is 0 Å². The molecule has 35 heavy (non-hydrogen) atoms. The van der Waals surface area contributed by atoms with E-state index < -0.39 is 10.1 Å². The van der Waals surface area contributed by atoms with Crippen molar-refractivity contribution in [1.82, 2.24) is 0 Å². The number of thiocarbonyl (C=S) groups is 1. The molecule has 1 aliphatic rings. The third-order valence-electron chi connectivity index (χ3n) is 4.92. The molecule has 0 unspecified atom stereocenters. The van der Waals surface area contributed by atoms with E-state index in [9.17, 15) is 13.2 Å². The van der Waals surface area contributed by atoms with Gasteiger partial charge in [-0.3, -0.25) is 9.69 Å². The molecule has 0 radical (unpaired) electrons. The number of anilines is 1. The Morgan fingerprint density at radius 2 is 1.71 bits per heavy atom. The molecule has 0 aromatic heterocycles. The summed E-state index contributed by atoms with van der Waals surface area (Å²) in [7, 11) is -2.62. The topological polar surface area (TPSA) is 82.1 Å². The molecule has 3 aromatic carbocycles. The van der Waals surface area contributed by atoms with E-state index in [2.05, 4.69) is 0 Å². The number of hydrogen-bond acceptors (Lipinski definition) is 8. The predicted octanol–water partition coefficient (Wildman–Crippen LogP) is 5.27. The Balaban J connectivity index is 1.56. The van der Waals surface area contributed by atoms with Gasteiger partial charge in [0.2, 0.25) is 0 Å². The molecule has 1 fully saturated rings. The lowest BCUT2D eigenvalue weighted by atomic mass is 10.2. The van der Waals surface area contributed by atoms with Gasteiger partial charge in [-0.25, -0.2) is 0 Å². The molecule has 0 aliphatic carbocycles. The zero-order valence-electron chi connectivity index (χ0n) is 18.8. The minimum atomic E-state index is -4.03. The Morgan fingerprint density at radius 3 is 2.37 bits per heavy atom. The molecular formula is C25H21NO6S3. The molecule has 180 valence electrons. The number of amides is 1. The van der Waals surface area contributed by atoms with E-state index in [1.807, 2.05) is 6.92 Å². The minimum absolute atomic E-state index is 0.0316. The highest BCUT2D eigenvalue weighted by atomic mass is 32.2. The fraction of sp³-hybridized carbons (Fsp3) is 0.120. The lowest BCUT2D eigenvalue weighted by Gasteiger charge is -2.15. The van der Waals surface area contributed by atoms with Crippen LogP contribution in [0.4, 0.5) is 5.69 Å². The smallest absolute Gasteiger partial charge is 0.339 e. The second-order valence-corrected chi connectivity index (χ2v) is 10.4. The third kappa shape index (κ3) is 5.50. The molecule has 1 amide bonds. The second kappa shape index (κ2) is 10.5. The lowest BCUT2D eigenvalue weighted by Crippen LogP contribution is -2.27. The summed E-state index contributed by atoms with van der Waals surface area (Å²) in [5.74, 6) is 0.701. The van der Waals surface area contributed by atoms with E-state index in [4.69, 9.17) is 25.9 Å². The van der Waals surface area contributed by atoms with E-state index in [1.165, 1.54) is 42.0 Å². The summed E-state index contributed by atoms with van der Waals surface area (Å²) in [4.78, 5) is 15.0. The maximum absolute atomic E-state index is 13.1. The van der Waals surface area contributed by atoms with E-state index in [-0.39, 0.29) is 22.3 Å². The first-order chi connectivity index (χ1) is 16.8. The van der Waals surface area contributed by atoms with Crippen molar-refractivity contribution in [2.75, 3.05) is 18.6 Å². The Hall–Kier alpha value is -3.34. The second-order valence-electron chi connectivity index (χ2n) is 7.20. The summed E-state index contributed by atoms with van der Waals surface area (Å²) >= 11 is 6.62. The summed E-state index contributed by atoms with van der Waals surface area (Å²) in [6, 6.07) is 19.7. The first kappa shape index (κ1) is 24.8. The van der Waals surface area contributed by atoms with Crippen molar-refractivity contribution >= 4 is 56.1 Å². The molecule has 0 spiro atoms. The van der Waals surface area contributed by atoms with E-state index in [0.29, 0.717) is 32.8 Å². The normalized spacial score (nSPS) is 14.9. The number of ether oxygens (including phenoxy) is 2. The van der Waals surface area contributed by atoms with Gasteiger partial charge in [0.1, 0.15) is 10.6 Å². The van der Waals surface area contributed by atoms with Crippen LogP contribution in [0.2, 0.25) is 0 Å². The molecule has 10 heteroatoms. The van der Waals surface area contributed by atoms with Gasteiger partial charge in [-0.1, -0.05) is 48.2 Å². The number of carbonyl (C=O) groups excluding carboxylic acids is 1. The highest BCUT2D eigenvalue weighted by Gasteiger charge is 2.33.